The van der Waals surface area contributed by atoms with Crippen LogP contribution in [-0.4, -0.2) is 59.5 Å². The SMILES string of the molecule is CC(C)(C)OC(=O)NCCC(=O)Oc1cc(C=O)ccc1OCCCON(O)O. The average Bonchev–Trinajstić information content (AvgIpc) is 2.60. The third-order valence-electron chi connectivity index (χ3n) is 3.08. The molecule has 0 bridgehead atoms. The Morgan fingerprint density at radius 1 is 1.17 bits per heavy atom. The normalized spacial score (nSPS) is 11.1. The van der Waals surface area contributed by atoms with Gasteiger partial charge in [-0.15, -0.1) is 0 Å². The highest BCUT2D eigenvalue weighted by Gasteiger charge is 2.17. The Morgan fingerprint density at radius 2 is 1.90 bits per heavy atom. The van der Waals surface area contributed by atoms with Crippen LogP contribution in [0.1, 0.15) is 44.0 Å². The number of esters is 1. The zero-order valence-electron chi connectivity index (χ0n) is 16.5. The fraction of sp³-hybridized carbons (Fsp3) is 0.500. The van der Waals surface area contributed by atoms with E-state index in [0.717, 1.165) is 0 Å². The molecule has 0 spiro atoms. The highest BCUT2D eigenvalue weighted by atomic mass is 17.1. The molecule has 0 aliphatic rings. The summed E-state index contributed by atoms with van der Waals surface area (Å²) in [6, 6.07) is 4.31. The molecule has 0 heterocycles. The second-order valence-electron chi connectivity index (χ2n) is 6.76. The minimum atomic E-state index is -0.649. The molecule has 0 radical (unpaired) electrons. The van der Waals surface area contributed by atoms with Gasteiger partial charge in [-0.3, -0.25) is 24.8 Å². The first kappa shape index (κ1) is 24.3. The summed E-state index contributed by atoms with van der Waals surface area (Å²) in [5, 5.41) is 18.9. The quantitative estimate of drug-likeness (QED) is 0.162. The molecule has 11 heteroatoms. The largest absolute Gasteiger partial charge is 0.490 e. The lowest BCUT2D eigenvalue weighted by Gasteiger charge is -2.19. The van der Waals surface area contributed by atoms with Crippen molar-refractivity contribution >= 4 is 18.3 Å². The Balaban J connectivity index is 2.55. The van der Waals surface area contributed by atoms with Crippen molar-refractivity contribution in [2.24, 2.45) is 0 Å². The van der Waals surface area contributed by atoms with Gasteiger partial charge in [0.1, 0.15) is 11.9 Å². The summed E-state index contributed by atoms with van der Waals surface area (Å²) >= 11 is 0. The predicted octanol–water partition coefficient (Wildman–Crippen LogP) is 2.10. The van der Waals surface area contributed by atoms with Crippen LogP contribution in [0, 0.1) is 0 Å². The molecule has 1 aromatic rings. The van der Waals surface area contributed by atoms with E-state index in [4.69, 9.17) is 24.6 Å². The molecule has 162 valence electrons. The van der Waals surface area contributed by atoms with Gasteiger partial charge in [-0.1, -0.05) is 0 Å². The van der Waals surface area contributed by atoms with Crippen LogP contribution in [-0.2, 0) is 14.4 Å². The molecule has 3 N–H and O–H groups in total. The zero-order chi connectivity index (χ0) is 21.9. The van der Waals surface area contributed by atoms with Crippen molar-refractivity contribution in [3.8, 4) is 11.5 Å². The molecule has 0 unspecified atom stereocenters. The van der Waals surface area contributed by atoms with Crippen molar-refractivity contribution in [1.82, 2.24) is 10.7 Å². The number of carbonyl (C=O) groups excluding carboxylic acids is 3. The first-order valence-corrected chi connectivity index (χ1v) is 8.81. The number of aldehydes is 1. The summed E-state index contributed by atoms with van der Waals surface area (Å²) in [7, 11) is 0. The molecule has 11 nitrogen and oxygen atoms in total. The number of hydrogen-bond acceptors (Lipinski definition) is 10. The predicted molar refractivity (Wildman–Crippen MR) is 97.8 cm³/mol. The molecular formula is C18H26N2O9. The first-order chi connectivity index (χ1) is 13.6. The minimum Gasteiger partial charge on any atom is -0.490 e. The summed E-state index contributed by atoms with van der Waals surface area (Å²) in [5.74, 6) is -0.383. The van der Waals surface area contributed by atoms with Crippen molar-refractivity contribution in [3.63, 3.8) is 0 Å². The lowest BCUT2D eigenvalue weighted by Crippen LogP contribution is -2.34. The molecule has 0 aromatic heterocycles. The second-order valence-corrected chi connectivity index (χ2v) is 6.76. The smallest absolute Gasteiger partial charge is 0.407 e. The Bertz CT molecular complexity index is 686. The molecule has 1 amide bonds. The fourth-order valence-corrected chi connectivity index (χ4v) is 1.94. The van der Waals surface area contributed by atoms with Gasteiger partial charge in [0.05, 0.1) is 25.0 Å². The van der Waals surface area contributed by atoms with Gasteiger partial charge >= 0.3 is 12.1 Å². The molecule has 1 aromatic carbocycles. The van der Waals surface area contributed by atoms with Crippen molar-refractivity contribution in [1.29, 1.82) is 0 Å². The van der Waals surface area contributed by atoms with Gasteiger partial charge < -0.3 is 19.5 Å². The Kier molecular flexibility index (Phi) is 10.0. The van der Waals surface area contributed by atoms with Gasteiger partial charge in [0.15, 0.2) is 11.5 Å². The maximum Gasteiger partial charge on any atom is 0.407 e. The van der Waals surface area contributed by atoms with E-state index in [1.165, 1.54) is 18.2 Å². The zero-order valence-corrected chi connectivity index (χ0v) is 16.5. The highest BCUT2D eigenvalue weighted by Crippen LogP contribution is 2.28. The van der Waals surface area contributed by atoms with Crippen molar-refractivity contribution in [3.05, 3.63) is 23.8 Å². The monoisotopic (exact) mass is 414 g/mol. The Hall–Kier alpha value is -2.73. The summed E-state index contributed by atoms with van der Waals surface area (Å²) in [5.41, 5.74) is -0.365. The van der Waals surface area contributed by atoms with Gasteiger partial charge in [-0.25, -0.2) is 4.79 Å². The first-order valence-electron chi connectivity index (χ1n) is 8.81. The van der Waals surface area contributed by atoms with Crippen LogP contribution >= 0.6 is 0 Å². The van der Waals surface area contributed by atoms with Crippen molar-refractivity contribution < 1.29 is 43.8 Å². The molecule has 0 saturated heterocycles. The minimum absolute atomic E-state index is 0.00741. The average molecular weight is 414 g/mol. The molecule has 0 aliphatic heterocycles. The molecule has 0 saturated carbocycles. The van der Waals surface area contributed by atoms with E-state index in [9.17, 15) is 14.4 Å². The summed E-state index contributed by atoms with van der Waals surface area (Å²) in [6.45, 7) is 5.27. The summed E-state index contributed by atoms with van der Waals surface area (Å²) < 4.78 is 15.8. The molecule has 29 heavy (non-hydrogen) atoms. The lowest BCUT2D eigenvalue weighted by atomic mass is 10.2. The van der Waals surface area contributed by atoms with E-state index >= 15 is 0 Å². The van der Waals surface area contributed by atoms with Crippen LogP contribution in [0.4, 0.5) is 4.79 Å². The van der Waals surface area contributed by atoms with Crippen LogP contribution < -0.4 is 14.8 Å². The molecule has 0 atom stereocenters. The Labute approximate surface area is 168 Å². The lowest BCUT2D eigenvalue weighted by molar-refractivity contribution is -0.492. The van der Waals surface area contributed by atoms with Gasteiger partial charge in [0.2, 0.25) is 0 Å². The van der Waals surface area contributed by atoms with Crippen LogP contribution in [0.25, 0.3) is 0 Å². The second kappa shape index (κ2) is 12.0. The number of rotatable bonds is 11. The van der Waals surface area contributed by atoms with Crippen molar-refractivity contribution in [2.75, 3.05) is 19.8 Å². The van der Waals surface area contributed by atoms with Gasteiger partial charge in [0.25, 0.3) is 0 Å². The third kappa shape index (κ3) is 11.0. The summed E-state index contributed by atoms with van der Waals surface area (Å²) in [6.07, 6.45) is 0.126. The molecule has 0 aliphatic carbocycles. The number of hydrogen-bond donors (Lipinski definition) is 3. The fourth-order valence-electron chi connectivity index (χ4n) is 1.94. The number of nitrogens with zero attached hydrogens (tertiary/aromatic N) is 1. The number of carbonyl (C=O) groups is 3. The summed E-state index contributed by atoms with van der Waals surface area (Å²) in [4.78, 5) is 39.0. The molecule has 0 fully saturated rings. The standard InChI is InChI=1S/C18H26N2O9/c1-18(2,3)29-17(23)19-8-7-16(22)28-15-11-13(12-21)5-6-14(15)26-9-4-10-27-20(24)25/h5-6,11-12,24-25H,4,7-10H2,1-3H3,(H,19,23). The van der Waals surface area contributed by atoms with Crippen LogP contribution in [0.15, 0.2) is 18.2 Å². The van der Waals surface area contributed by atoms with E-state index in [2.05, 4.69) is 10.2 Å². The molecular weight excluding hydrogens is 388 g/mol. The van der Waals surface area contributed by atoms with E-state index in [0.29, 0.717) is 12.7 Å². The van der Waals surface area contributed by atoms with Gasteiger partial charge in [-0.05, 0) is 39.0 Å². The van der Waals surface area contributed by atoms with Crippen LogP contribution in [0.3, 0.4) is 0 Å². The number of ether oxygens (including phenoxy) is 3. The van der Waals surface area contributed by atoms with Crippen LogP contribution in [0.2, 0.25) is 0 Å². The number of benzene rings is 1. The maximum atomic E-state index is 12.0. The van der Waals surface area contributed by atoms with Crippen LogP contribution in [0.5, 0.6) is 11.5 Å². The van der Waals surface area contributed by atoms with E-state index in [-0.39, 0.29) is 43.2 Å². The number of amides is 1. The van der Waals surface area contributed by atoms with E-state index in [1.807, 2.05) is 0 Å². The van der Waals surface area contributed by atoms with Crippen molar-refractivity contribution in [2.45, 2.75) is 39.2 Å². The molecule has 1 rings (SSSR count). The van der Waals surface area contributed by atoms with E-state index in [1.54, 1.807) is 20.8 Å². The maximum absolute atomic E-state index is 12.0. The topological polar surface area (TPSA) is 144 Å². The Morgan fingerprint density at radius 3 is 2.52 bits per heavy atom. The van der Waals surface area contributed by atoms with Gasteiger partial charge in [0, 0.05) is 18.5 Å². The van der Waals surface area contributed by atoms with Gasteiger partial charge in [-0.2, -0.15) is 0 Å². The number of nitrogens with one attached hydrogen (secondary N) is 1. The third-order valence-corrected chi connectivity index (χ3v) is 3.08. The highest BCUT2D eigenvalue weighted by molar-refractivity contribution is 5.79. The van der Waals surface area contributed by atoms with E-state index < -0.39 is 23.1 Å². The number of alkyl carbamates (subject to hydrolysis) is 1.